The molecule has 1 aromatic carbocycles. The highest BCUT2D eigenvalue weighted by molar-refractivity contribution is 5.80. The predicted molar refractivity (Wildman–Crippen MR) is 107 cm³/mol. The van der Waals surface area contributed by atoms with E-state index in [0.29, 0.717) is 13.1 Å². The van der Waals surface area contributed by atoms with Crippen molar-refractivity contribution in [1.29, 1.82) is 0 Å². The molecule has 3 rings (SSSR count). The van der Waals surface area contributed by atoms with E-state index in [-0.39, 0.29) is 17.7 Å². The van der Waals surface area contributed by atoms with Crippen LogP contribution in [0.3, 0.4) is 0 Å². The summed E-state index contributed by atoms with van der Waals surface area (Å²) < 4.78 is 0. The lowest BCUT2D eigenvalue weighted by Gasteiger charge is -2.31. The minimum Gasteiger partial charge on any atom is -0.352 e. The highest BCUT2D eigenvalue weighted by atomic mass is 16.2. The number of rotatable bonds is 5. The number of amides is 2. The van der Waals surface area contributed by atoms with Crippen LogP contribution in [0.15, 0.2) is 24.3 Å². The molecule has 2 fully saturated rings. The number of hydrogen-bond acceptors (Lipinski definition) is 3. The molecular weight excluding hydrogens is 338 g/mol. The number of piperidine rings is 2. The summed E-state index contributed by atoms with van der Waals surface area (Å²) in [6.45, 7) is 9.08. The summed E-state index contributed by atoms with van der Waals surface area (Å²) >= 11 is 0. The fourth-order valence-electron chi connectivity index (χ4n) is 4.15. The first-order chi connectivity index (χ1) is 13.0. The molecule has 0 saturated carbocycles. The maximum atomic E-state index is 12.6. The first kappa shape index (κ1) is 19.9. The Labute approximate surface area is 163 Å². The van der Waals surface area contributed by atoms with Gasteiger partial charge in [-0.05, 0) is 55.8 Å². The minimum atomic E-state index is -0.0848. The topological polar surface area (TPSA) is 52.7 Å². The summed E-state index contributed by atoms with van der Waals surface area (Å²) in [5.41, 5.74) is 2.50. The molecule has 2 aliphatic rings. The largest absolute Gasteiger partial charge is 0.352 e. The number of carbonyl (C=O) groups is 2. The number of nitrogens with one attached hydrogen (secondary N) is 1. The lowest BCUT2D eigenvalue weighted by Crippen LogP contribution is -2.44. The Kier molecular flexibility index (Phi) is 6.89. The van der Waals surface area contributed by atoms with Crippen molar-refractivity contribution in [3.05, 3.63) is 35.4 Å². The van der Waals surface area contributed by atoms with Crippen molar-refractivity contribution < 1.29 is 9.59 Å². The van der Waals surface area contributed by atoms with Gasteiger partial charge in [-0.15, -0.1) is 0 Å². The number of carbonyl (C=O) groups excluding carboxylic acids is 2. The van der Waals surface area contributed by atoms with Crippen LogP contribution in [-0.2, 0) is 22.7 Å². The Bertz CT molecular complexity index is 653. The Morgan fingerprint density at radius 2 is 1.78 bits per heavy atom. The number of benzene rings is 1. The van der Waals surface area contributed by atoms with E-state index in [4.69, 9.17) is 0 Å². The van der Waals surface area contributed by atoms with Crippen molar-refractivity contribution in [3.63, 3.8) is 0 Å². The van der Waals surface area contributed by atoms with Crippen LogP contribution in [-0.4, -0.2) is 47.8 Å². The third-order valence-corrected chi connectivity index (χ3v) is 6.08. The number of nitrogens with zero attached hydrogens (tertiary/aromatic N) is 2. The van der Waals surface area contributed by atoms with Crippen LogP contribution in [0.25, 0.3) is 0 Å². The van der Waals surface area contributed by atoms with Gasteiger partial charge in [-0.1, -0.05) is 31.2 Å². The van der Waals surface area contributed by atoms with E-state index in [1.165, 1.54) is 24.0 Å². The lowest BCUT2D eigenvalue weighted by atomic mass is 9.96. The van der Waals surface area contributed by atoms with Gasteiger partial charge in [-0.2, -0.15) is 0 Å². The third-order valence-electron chi connectivity index (χ3n) is 6.08. The fourth-order valence-corrected chi connectivity index (χ4v) is 4.15. The van der Waals surface area contributed by atoms with Crippen molar-refractivity contribution in [1.82, 2.24) is 15.1 Å². The first-order valence-electron chi connectivity index (χ1n) is 10.4. The van der Waals surface area contributed by atoms with Crippen molar-refractivity contribution in [2.45, 2.75) is 52.6 Å². The van der Waals surface area contributed by atoms with Crippen LogP contribution >= 0.6 is 0 Å². The average molecular weight is 372 g/mol. The second-order valence-electron chi connectivity index (χ2n) is 8.25. The lowest BCUT2D eigenvalue weighted by molar-refractivity contribution is -0.134. The molecule has 0 radical (unpaired) electrons. The van der Waals surface area contributed by atoms with Gasteiger partial charge in [0.25, 0.3) is 0 Å². The summed E-state index contributed by atoms with van der Waals surface area (Å²) in [4.78, 5) is 28.5. The summed E-state index contributed by atoms with van der Waals surface area (Å²) in [5.74, 6) is 0.885. The van der Waals surface area contributed by atoms with E-state index < -0.39 is 0 Å². The van der Waals surface area contributed by atoms with Crippen LogP contribution in [0.4, 0.5) is 0 Å². The molecule has 2 aliphatic heterocycles. The standard InChI is InChI=1S/C22H33N3O2/c1-17-9-12-24(13-10-17)15-20-7-4-3-6-19(20)14-23-22(27)21-8-5-11-25(16-21)18(2)26/h3-4,6-7,17,21H,5,8-16H2,1-2H3,(H,23,27). The van der Waals surface area contributed by atoms with E-state index in [0.717, 1.165) is 44.9 Å². The Balaban J connectivity index is 1.54. The number of likely N-dealkylation sites (tertiary alicyclic amines) is 2. The van der Waals surface area contributed by atoms with Gasteiger partial charge in [-0.25, -0.2) is 0 Å². The molecule has 0 aromatic heterocycles. The van der Waals surface area contributed by atoms with E-state index in [1.807, 2.05) is 6.07 Å². The predicted octanol–water partition coefficient (Wildman–Crippen LogP) is 2.79. The van der Waals surface area contributed by atoms with Gasteiger partial charge in [0.05, 0.1) is 5.92 Å². The van der Waals surface area contributed by atoms with E-state index >= 15 is 0 Å². The summed E-state index contributed by atoms with van der Waals surface area (Å²) in [6, 6.07) is 8.42. The Hall–Kier alpha value is -1.88. The van der Waals surface area contributed by atoms with Gasteiger partial charge in [-0.3, -0.25) is 14.5 Å². The zero-order valence-corrected chi connectivity index (χ0v) is 16.7. The molecule has 148 valence electrons. The maximum absolute atomic E-state index is 12.6. The van der Waals surface area contributed by atoms with Crippen molar-refractivity contribution in [2.75, 3.05) is 26.2 Å². The zero-order chi connectivity index (χ0) is 19.2. The van der Waals surface area contributed by atoms with E-state index in [2.05, 4.69) is 35.3 Å². The first-order valence-corrected chi connectivity index (χ1v) is 10.4. The third kappa shape index (κ3) is 5.55. The smallest absolute Gasteiger partial charge is 0.225 e. The molecular formula is C22H33N3O2. The highest BCUT2D eigenvalue weighted by Crippen LogP contribution is 2.20. The van der Waals surface area contributed by atoms with Crippen LogP contribution in [0.1, 0.15) is 50.7 Å². The maximum Gasteiger partial charge on any atom is 0.225 e. The monoisotopic (exact) mass is 371 g/mol. The quantitative estimate of drug-likeness (QED) is 0.866. The second kappa shape index (κ2) is 9.36. The molecule has 5 nitrogen and oxygen atoms in total. The summed E-state index contributed by atoms with van der Waals surface area (Å²) in [6.07, 6.45) is 4.31. The zero-order valence-electron chi connectivity index (χ0n) is 16.7. The molecule has 0 bridgehead atoms. The molecule has 1 unspecified atom stereocenters. The van der Waals surface area contributed by atoms with Crippen molar-refractivity contribution in [2.24, 2.45) is 11.8 Å². The van der Waals surface area contributed by atoms with Crippen molar-refractivity contribution >= 4 is 11.8 Å². The molecule has 2 heterocycles. The Morgan fingerprint density at radius 3 is 2.48 bits per heavy atom. The van der Waals surface area contributed by atoms with Crippen LogP contribution in [0.2, 0.25) is 0 Å². The molecule has 0 spiro atoms. The fraction of sp³-hybridized carbons (Fsp3) is 0.636. The van der Waals surface area contributed by atoms with Gasteiger partial charge < -0.3 is 10.2 Å². The Morgan fingerprint density at radius 1 is 1.07 bits per heavy atom. The highest BCUT2D eigenvalue weighted by Gasteiger charge is 2.27. The normalized spacial score (nSPS) is 21.9. The van der Waals surface area contributed by atoms with Gasteiger partial charge in [0.2, 0.25) is 11.8 Å². The summed E-state index contributed by atoms with van der Waals surface area (Å²) in [5, 5.41) is 3.12. The van der Waals surface area contributed by atoms with Crippen LogP contribution in [0, 0.1) is 11.8 Å². The molecule has 1 aromatic rings. The SMILES string of the molecule is CC(=O)N1CCCC(C(=O)NCc2ccccc2CN2CCC(C)CC2)C1. The van der Waals surface area contributed by atoms with Gasteiger partial charge in [0, 0.05) is 33.1 Å². The molecule has 1 atom stereocenters. The van der Waals surface area contributed by atoms with Gasteiger partial charge in [0.1, 0.15) is 0 Å². The minimum absolute atomic E-state index is 0.0636. The molecule has 2 saturated heterocycles. The molecule has 5 heteroatoms. The van der Waals surface area contributed by atoms with Crippen molar-refractivity contribution in [3.8, 4) is 0 Å². The molecule has 1 N–H and O–H groups in total. The van der Waals surface area contributed by atoms with E-state index in [1.54, 1.807) is 11.8 Å². The molecule has 27 heavy (non-hydrogen) atoms. The average Bonchev–Trinajstić information content (AvgIpc) is 2.69. The van der Waals surface area contributed by atoms with Gasteiger partial charge in [0.15, 0.2) is 0 Å². The second-order valence-corrected chi connectivity index (χ2v) is 8.25. The van der Waals surface area contributed by atoms with E-state index in [9.17, 15) is 9.59 Å². The number of hydrogen-bond donors (Lipinski definition) is 1. The van der Waals surface area contributed by atoms with Crippen LogP contribution in [0.5, 0.6) is 0 Å². The molecule has 2 amide bonds. The van der Waals surface area contributed by atoms with Crippen LogP contribution < -0.4 is 5.32 Å². The van der Waals surface area contributed by atoms with Gasteiger partial charge >= 0.3 is 0 Å². The molecule has 0 aliphatic carbocycles. The summed E-state index contributed by atoms with van der Waals surface area (Å²) in [7, 11) is 0.